The molecule has 0 N–H and O–H groups in total. The van der Waals surface area contributed by atoms with E-state index < -0.39 is 11.8 Å². The van der Waals surface area contributed by atoms with Crippen LogP contribution < -0.4 is 14.2 Å². The number of unbranched alkanes of at least 4 members (excludes halogenated alkanes) is 12. The number of carbonyl (C=O) groups excluding carboxylic acids is 1. The van der Waals surface area contributed by atoms with Gasteiger partial charge in [-0.15, -0.1) is 0 Å². The number of rotatable bonds is 20. The minimum Gasteiger partial charge on any atom is -0.494 e. The third kappa shape index (κ3) is 12.4. The number of carbonyl (C=O) groups is 1. The number of hydrogen-bond acceptors (Lipinski definition) is 4. The van der Waals surface area contributed by atoms with Crippen molar-refractivity contribution < 1.29 is 23.4 Å². The van der Waals surface area contributed by atoms with Crippen LogP contribution >= 0.6 is 0 Å². The van der Waals surface area contributed by atoms with Crippen molar-refractivity contribution in [2.75, 3.05) is 13.2 Å². The van der Waals surface area contributed by atoms with Gasteiger partial charge in [0.2, 0.25) is 0 Å². The van der Waals surface area contributed by atoms with Crippen molar-refractivity contribution in [2.45, 2.75) is 104 Å². The van der Waals surface area contributed by atoms with Crippen molar-refractivity contribution >= 4 is 5.97 Å². The molecule has 36 heavy (non-hydrogen) atoms. The number of hydrogen-bond donors (Lipinski definition) is 0. The summed E-state index contributed by atoms with van der Waals surface area (Å²) in [6, 6.07) is 11.1. The second kappa shape index (κ2) is 18.7. The normalized spacial score (nSPS) is 10.9. The largest absolute Gasteiger partial charge is 0.494 e. The van der Waals surface area contributed by atoms with Crippen LogP contribution in [0.25, 0.3) is 0 Å². The van der Waals surface area contributed by atoms with Crippen molar-refractivity contribution in [2.24, 2.45) is 0 Å². The van der Waals surface area contributed by atoms with Gasteiger partial charge in [0.1, 0.15) is 11.5 Å². The summed E-state index contributed by atoms with van der Waals surface area (Å²) in [5, 5.41) is 0. The highest BCUT2D eigenvalue weighted by Crippen LogP contribution is 2.24. The van der Waals surface area contributed by atoms with Crippen LogP contribution in [0.5, 0.6) is 17.2 Å². The molecule has 0 spiro atoms. The van der Waals surface area contributed by atoms with Gasteiger partial charge in [0.25, 0.3) is 0 Å². The lowest BCUT2D eigenvalue weighted by Gasteiger charge is -2.10. The molecule has 2 aromatic carbocycles. The van der Waals surface area contributed by atoms with Gasteiger partial charge in [-0.05, 0) is 49.2 Å². The SMILES string of the molecule is CCCCCCCCCCCOc1ccc(C(=O)Oc2ccc(OCCCCCCC)c(F)c2)cc1. The summed E-state index contributed by atoms with van der Waals surface area (Å²) in [6.45, 7) is 5.57. The Morgan fingerprint density at radius 3 is 1.69 bits per heavy atom. The Morgan fingerprint density at radius 2 is 1.14 bits per heavy atom. The van der Waals surface area contributed by atoms with E-state index in [1.807, 2.05) is 0 Å². The summed E-state index contributed by atoms with van der Waals surface area (Å²) in [4.78, 5) is 12.4. The minimum absolute atomic E-state index is 0.151. The fourth-order valence-electron chi connectivity index (χ4n) is 4.01. The van der Waals surface area contributed by atoms with Gasteiger partial charge in [0.15, 0.2) is 11.6 Å². The highest BCUT2D eigenvalue weighted by Gasteiger charge is 2.12. The maximum Gasteiger partial charge on any atom is 0.343 e. The highest BCUT2D eigenvalue weighted by atomic mass is 19.1. The van der Waals surface area contributed by atoms with Gasteiger partial charge in [0, 0.05) is 6.07 Å². The van der Waals surface area contributed by atoms with E-state index in [-0.39, 0.29) is 11.5 Å². The number of benzene rings is 2. The van der Waals surface area contributed by atoms with E-state index in [0.717, 1.165) is 25.0 Å². The molecule has 0 unspecified atom stereocenters. The van der Waals surface area contributed by atoms with Gasteiger partial charge < -0.3 is 14.2 Å². The molecular weight excluding hydrogens is 455 g/mol. The Morgan fingerprint density at radius 1 is 0.639 bits per heavy atom. The Balaban J connectivity index is 1.65. The van der Waals surface area contributed by atoms with E-state index >= 15 is 0 Å². The quantitative estimate of drug-likeness (QED) is 0.103. The summed E-state index contributed by atoms with van der Waals surface area (Å²) in [5.41, 5.74) is 0.387. The molecule has 0 fully saturated rings. The first kappa shape index (κ1) is 29.7. The summed E-state index contributed by atoms with van der Waals surface area (Å²) >= 11 is 0. The number of esters is 1. The summed E-state index contributed by atoms with van der Waals surface area (Å²) < 4.78 is 31.0. The average molecular weight is 501 g/mol. The van der Waals surface area contributed by atoms with E-state index in [1.165, 1.54) is 82.8 Å². The summed E-state index contributed by atoms with van der Waals surface area (Å²) in [5.74, 6) is -0.0100. The van der Waals surface area contributed by atoms with Crippen molar-refractivity contribution in [1.82, 2.24) is 0 Å². The van der Waals surface area contributed by atoms with Crippen molar-refractivity contribution in [3.63, 3.8) is 0 Å². The van der Waals surface area contributed by atoms with Crippen LogP contribution in [0, 0.1) is 5.82 Å². The average Bonchev–Trinajstić information content (AvgIpc) is 2.88. The molecule has 0 aliphatic carbocycles. The van der Waals surface area contributed by atoms with E-state index in [2.05, 4.69) is 13.8 Å². The minimum atomic E-state index is -0.538. The van der Waals surface area contributed by atoms with Crippen LogP contribution in [0.3, 0.4) is 0 Å². The van der Waals surface area contributed by atoms with Gasteiger partial charge in [-0.25, -0.2) is 9.18 Å². The maximum atomic E-state index is 14.3. The predicted molar refractivity (Wildman–Crippen MR) is 145 cm³/mol. The van der Waals surface area contributed by atoms with Crippen LogP contribution in [-0.4, -0.2) is 19.2 Å². The smallest absolute Gasteiger partial charge is 0.343 e. The maximum absolute atomic E-state index is 14.3. The number of ether oxygens (including phenoxy) is 3. The molecule has 200 valence electrons. The van der Waals surface area contributed by atoms with Gasteiger partial charge in [-0.3, -0.25) is 0 Å². The zero-order valence-corrected chi connectivity index (χ0v) is 22.4. The van der Waals surface area contributed by atoms with Gasteiger partial charge in [-0.2, -0.15) is 0 Å². The molecule has 4 nitrogen and oxygen atoms in total. The van der Waals surface area contributed by atoms with E-state index in [4.69, 9.17) is 14.2 Å². The zero-order valence-electron chi connectivity index (χ0n) is 22.4. The first-order chi connectivity index (χ1) is 17.6. The third-order valence-electron chi connectivity index (χ3n) is 6.23. The van der Waals surface area contributed by atoms with Gasteiger partial charge in [-0.1, -0.05) is 90.9 Å². The second-order valence-electron chi connectivity index (χ2n) is 9.45. The Kier molecular flexibility index (Phi) is 15.4. The second-order valence-corrected chi connectivity index (χ2v) is 9.45. The monoisotopic (exact) mass is 500 g/mol. The fraction of sp³-hybridized carbons (Fsp3) is 0.581. The van der Waals surface area contributed by atoms with Gasteiger partial charge in [0.05, 0.1) is 18.8 Å². The standard InChI is InChI=1S/C31H45FO4/c1-3-5-7-9-10-11-12-14-15-23-34-27-19-17-26(18-20-27)31(33)36-28-21-22-30(29(32)25-28)35-24-16-13-8-6-4-2/h17-22,25H,3-16,23-24H2,1-2H3. The summed E-state index contributed by atoms with van der Waals surface area (Å²) in [6.07, 6.45) is 17.0. The first-order valence-electron chi connectivity index (χ1n) is 14.0. The molecule has 0 aliphatic rings. The van der Waals surface area contributed by atoms with Crippen LogP contribution in [0.1, 0.15) is 114 Å². The molecule has 0 bridgehead atoms. The molecule has 0 aromatic heterocycles. The van der Waals surface area contributed by atoms with Crippen LogP contribution in [0.4, 0.5) is 4.39 Å². The molecule has 0 radical (unpaired) electrons. The molecule has 0 amide bonds. The highest BCUT2D eigenvalue weighted by molar-refractivity contribution is 5.91. The molecule has 0 saturated heterocycles. The van der Waals surface area contributed by atoms with Crippen LogP contribution in [0.15, 0.2) is 42.5 Å². The Bertz CT molecular complexity index is 850. The van der Waals surface area contributed by atoms with Gasteiger partial charge >= 0.3 is 5.97 Å². The van der Waals surface area contributed by atoms with Crippen molar-refractivity contribution in [3.05, 3.63) is 53.8 Å². The lowest BCUT2D eigenvalue weighted by molar-refractivity contribution is 0.0734. The molecule has 2 rings (SSSR count). The molecule has 0 saturated carbocycles. The van der Waals surface area contributed by atoms with Crippen LogP contribution in [0.2, 0.25) is 0 Å². The van der Waals surface area contributed by atoms with E-state index in [9.17, 15) is 9.18 Å². The molecule has 0 atom stereocenters. The third-order valence-corrected chi connectivity index (χ3v) is 6.23. The lowest BCUT2D eigenvalue weighted by atomic mass is 10.1. The topological polar surface area (TPSA) is 44.8 Å². The molecule has 2 aromatic rings. The predicted octanol–water partition coefficient (Wildman–Crippen LogP) is 9.30. The Hall–Kier alpha value is -2.56. The Labute approximate surface area is 217 Å². The zero-order chi connectivity index (χ0) is 25.8. The molecule has 0 aliphatic heterocycles. The lowest BCUT2D eigenvalue weighted by Crippen LogP contribution is -2.09. The van der Waals surface area contributed by atoms with Crippen molar-refractivity contribution in [1.29, 1.82) is 0 Å². The molecule has 5 heteroatoms. The first-order valence-corrected chi connectivity index (χ1v) is 14.0. The molecular formula is C31H45FO4. The molecule has 0 heterocycles. The van der Waals surface area contributed by atoms with E-state index in [1.54, 1.807) is 30.3 Å². The number of halogens is 1. The van der Waals surface area contributed by atoms with Crippen LogP contribution in [-0.2, 0) is 0 Å². The van der Waals surface area contributed by atoms with E-state index in [0.29, 0.717) is 18.8 Å². The van der Waals surface area contributed by atoms with Crippen molar-refractivity contribution in [3.8, 4) is 17.2 Å². The summed E-state index contributed by atoms with van der Waals surface area (Å²) in [7, 11) is 0. The fourth-order valence-corrected chi connectivity index (χ4v) is 4.01.